The lowest BCUT2D eigenvalue weighted by Gasteiger charge is -2.11. The van der Waals surface area contributed by atoms with Crippen molar-refractivity contribution in [2.45, 2.75) is 13.1 Å². The van der Waals surface area contributed by atoms with Crippen LogP contribution in [0.15, 0.2) is 46.9 Å². The summed E-state index contributed by atoms with van der Waals surface area (Å²) >= 11 is 3.39. The van der Waals surface area contributed by atoms with Crippen LogP contribution in [0.5, 0.6) is 0 Å². The van der Waals surface area contributed by atoms with Gasteiger partial charge in [0.05, 0.1) is 12.1 Å². The summed E-state index contributed by atoms with van der Waals surface area (Å²) in [6.07, 6.45) is -4.44. The minimum Gasteiger partial charge on any atom is -0.376 e. The fourth-order valence-electron chi connectivity index (χ4n) is 1.86. The monoisotopic (exact) mass is 386 g/mol. The number of amides is 1. The van der Waals surface area contributed by atoms with E-state index in [1.165, 1.54) is 12.1 Å². The van der Waals surface area contributed by atoms with Crippen molar-refractivity contribution in [2.24, 2.45) is 0 Å². The van der Waals surface area contributed by atoms with Crippen LogP contribution in [0.3, 0.4) is 0 Å². The SMILES string of the molecule is Cc1ccc(NCC(=O)Nc2cccc(C(F)(F)F)c2)cc1Br. The molecule has 122 valence electrons. The van der Waals surface area contributed by atoms with Gasteiger partial charge in [0, 0.05) is 15.8 Å². The van der Waals surface area contributed by atoms with Crippen molar-refractivity contribution in [3.63, 3.8) is 0 Å². The summed E-state index contributed by atoms with van der Waals surface area (Å²) in [4.78, 5) is 11.8. The predicted octanol–water partition coefficient (Wildman–Crippen LogP) is 4.83. The van der Waals surface area contributed by atoms with E-state index in [2.05, 4.69) is 26.6 Å². The van der Waals surface area contributed by atoms with Crippen LogP contribution >= 0.6 is 15.9 Å². The van der Waals surface area contributed by atoms with E-state index in [0.29, 0.717) is 0 Å². The molecule has 0 bridgehead atoms. The quantitative estimate of drug-likeness (QED) is 0.790. The first kappa shape index (κ1) is 17.3. The van der Waals surface area contributed by atoms with Gasteiger partial charge in [-0.15, -0.1) is 0 Å². The van der Waals surface area contributed by atoms with Gasteiger partial charge >= 0.3 is 6.18 Å². The van der Waals surface area contributed by atoms with E-state index in [0.717, 1.165) is 27.9 Å². The summed E-state index contributed by atoms with van der Waals surface area (Å²) in [7, 11) is 0. The van der Waals surface area contributed by atoms with Gasteiger partial charge in [-0.25, -0.2) is 0 Å². The van der Waals surface area contributed by atoms with E-state index in [1.807, 2.05) is 25.1 Å². The maximum Gasteiger partial charge on any atom is 0.416 e. The Balaban J connectivity index is 1.96. The smallest absolute Gasteiger partial charge is 0.376 e. The third-order valence-electron chi connectivity index (χ3n) is 3.10. The molecule has 2 aromatic rings. The number of anilines is 2. The first-order valence-corrected chi connectivity index (χ1v) is 7.52. The Kier molecular flexibility index (Phi) is 5.30. The first-order chi connectivity index (χ1) is 10.8. The number of hydrogen-bond acceptors (Lipinski definition) is 2. The Hall–Kier alpha value is -2.02. The molecule has 3 nitrogen and oxygen atoms in total. The highest BCUT2D eigenvalue weighted by Crippen LogP contribution is 2.30. The molecule has 2 rings (SSSR count). The summed E-state index contributed by atoms with van der Waals surface area (Å²) in [5.74, 6) is -0.430. The van der Waals surface area contributed by atoms with Gasteiger partial charge in [0.1, 0.15) is 0 Å². The molecule has 0 heterocycles. The topological polar surface area (TPSA) is 41.1 Å². The Labute approximate surface area is 140 Å². The van der Waals surface area contributed by atoms with Gasteiger partial charge in [-0.05, 0) is 42.8 Å². The zero-order valence-electron chi connectivity index (χ0n) is 12.2. The summed E-state index contributed by atoms with van der Waals surface area (Å²) in [5, 5.41) is 5.35. The molecule has 0 aromatic heterocycles. The number of rotatable bonds is 4. The molecule has 7 heteroatoms. The van der Waals surface area contributed by atoms with E-state index in [9.17, 15) is 18.0 Å². The van der Waals surface area contributed by atoms with Crippen molar-refractivity contribution in [3.05, 3.63) is 58.1 Å². The molecule has 0 radical (unpaired) electrons. The number of nitrogens with one attached hydrogen (secondary N) is 2. The average molecular weight is 387 g/mol. The molecule has 0 saturated carbocycles. The van der Waals surface area contributed by atoms with Gasteiger partial charge < -0.3 is 10.6 Å². The highest BCUT2D eigenvalue weighted by atomic mass is 79.9. The first-order valence-electron chi connectivity index (χ1n) is 6.73. The third kappa shape index (κ3) is 4.99. The van der Waals surface area contributed by atoms with Crippen molar-refractivity contribution in [1.29, 1.82) is 0 Å². The lowest BCUT2D eigenvalue weighted by Crippen LogP contribution is -2.22. The van der Waals surface area contributed by atoms with Crippen LogP contribution in [0.2, 0.25) is 0 Å². The molecule has 0 spiro atoms. The summed E-state index contributed by atoms with van der Waals surface area (Å²) in [6.45, 7) is 1.89. The standard InChI is InChI=1S/C16H14BrF3N2O/c1-10-5-6-12(8-14(10)17)21-9-15(23)22-13-4-2-3-11(7-13)16(18,19)20/h2-8,21H,9H2,1H3,(H,22,23). The van der Waals surface area contributed by atoms with Crippen molar-refractivity contribution in [3.8, 4) is 0 Å². The van der Waals surface area contributed by atoms with Gasteiger partial charge in [-0.3, -0.25) is 4.79 Å². The molecule has 0 saturated heterocycles. The lowest BCUT2D eigenvalue weighted by atomic mass is 10.2. The second kappa shape index (κ2) is 7.04. The van der Waals surface area contributed by atoms with E-state index >= 15 is 0 Å². The second-order valence-corrected chi connectivity index (χ2v) is 5.80. The van der Waals surface area contributed by atoms with E-state index in [4.69, 9.17) is 0 Å². The Bertz CT molecular complexity index is 717. The highest BCUT2D eigenvalue weighted by Gasteiger charge is 2.30. The normalized spacial score (nSPS) is 11.2. The molecule has 2 aromatic carbocycles. The molecule has 0 unspecified atom stereocenters. The fraction of sp³-hybridized carbons (Fsp3) is 0.188. The Morgan fingerprint density at radius 3 is 2.52 bits per heavy atom. The molecular weight excluding hydrogens is 373 g/mol. The van der Waals surface area contributed by atoms with Gasteiger partial charge in [0.2, 0.25) is 5.91 Å². The highest BCUT2D eigenvalue weighted by molar-refractivity contribution is 9.10. The number of carbonyl (C=O) groups is 1. The third-order valence-corrected chi connectivity index (χ3v) is 3.95. The van der Waals surface area contributed by atoms with Crippen molar-refractivity contribution in [2.75, 3.05) is 17.2 Å². The van der Waals surface area contributed by atoms with Crippen LogP contribution in [0, 0.1) is 6.92 Å². The number of aryl methyl sites for hydroxylation is 1. The number of alkyl halides is 3. The summed E-state index contributed by atoms with van der Waals surface area (Å²) < 4.78 is 38.8. The van der Waals surface area contributed by atoms with E-state index < -0.39 is 17.6 Å². The number of halogens is 4. The largest absolute Gasteiger partial charge is 0.416 e. The fourth-order valence-corrected chi connectivity index (χ4v) is 2.24. The molecule has 0 fully saturated rings. The number of carbonyl (C=O) groups excluding carboxylic acids is 1. The van der Waals surface area contributed by atoms with E-state index in [1.54, 1.807) is 0 Å². The molecule has 0 aliphatic carbocycles. The van der Waals surface area contributed by atoms with Crippen LogP contribution in [0.1, 0.15) is 11.1 Å². The molecule has 23 heavy (non-hydrogen) atoms. The van der Waals surface area contributed by atoms with Crippen molar-refractivity contribution >= 4 is 33.2 Å². The minimum absolute atomic E-state index is 0.0499. The second-order valence-electron chi connectivity index (χ2n) is 4.94. The van der Waals surface area contributed by atoms with Gasteiger partial charge in [-0.2, -0.15) is 13.2 Å². The average Bonchev–Trinajstić information content (AvgIpc) is 2.48. The van der Waals surface area contributed by atoms with Crippen LogP contribution in [0.4, 0.5) is 24.5 Å². The van der Waals surface area contributed by atoms with Crippen LogP contribution in [0.25, 0.3) is 0 Å². The molecular formula is C16H14BrF3N2O. The van der Waals surface area contributed by atoms with Gasteiger partial charge in [-0.1, -0.05) is 28.1 Å². The van der Waals surface area contributed by atoms with Gasteiger partial charge in [0.25, 0.3) is 0 Å². The lowest BCUT2D eigenvalue weighted by molar-refractivity contribution is -0.137. The van der Waals surface area contributed by atoms with Crippen LogP contribution < -0.4 is 10.6 Å². The van der Waals surface area contributed by atoms with Crippen molar-refractivity contribution < 1.29 is 18.0 Å². The maximum atomic E-state index is 12.6. The number of benzene rings is 2. The molecule has 0 atom stereocenters. The van der Waals surface area contributed by atoms with Crippen LogP contribution in [-0.2, 0) is 11.0 Å². The van der Waals surface area contributed by atoms with Crippen LogP contribution in [-0.4, -0.2) is 12.5 Å². The molecule has 0 aliphatic rings. The Morgan fingerprint density at radius 1 is 1.13 bits per heavy atom. The summed E-state index contributed by atoms with van der Waals surface area (Å²) in [5.41, 5.74) is 1.10. The minimum atomic E-state index is -4.44. The van der Waals surface area contributed by atoms with E-state index in [-0.39, 0.29) is 12.2 Å². The predicted molar refractivity (Wildman–Crippen MR) is 87.4 cm³/mol. The molecule has 0 aliphatic heterocycles. The van der Waals surface area contributed by atoms with Gasteiger partial charge in [0.15, 0.2) is 0 Å². The summed E-state index contributed by atoms with van der Waals surface area (Å²) in [6, 6.07) is 10.1. The number of hydrogen-bond donors (Lipinski definition) is 2. The molecule has 1 amide bonds. The maximum absolute atomic E-state index is 12.6. The Morgan fingerprint density at radius 2 is 1.87 bits per heavy atom. The zero-order valence-corrected chi connectivity index (χ0v) is 13.8. The van der Waals surface area contributed by atoms with Crippen molar-refractivity contribution in [1.82, 2.24) is 0 Å². The zero-order chi connectivity index (χ0) is 17.0. The molecule has 2 N–H and O–H groups in total.